The summed E-state index contributed by atoms with van der Waals surface area (Å²) in [7, 11) is -2.90. The molecule has 0 aromatic carbocycles. The van der Waals surface area contributed by atoms with Gasteiger partial charge in [0.1, 0.15) is 12.1 Å². The molecule has 0 aromatic rings. The van der Waals surface area contributed by atoms with E-state index in [9.17, 15) is 19.4 Å². The maximum atomic E-state index is 11.6. The minimum atomic E-state index is -4.51. The molecule has 0 saturated carbocycles. The zero-order valence-corrected chi connectivity index (χ0v) is 20.5. The summed E-state index contributed by atoms with van der Waals surface area (Å²) >= 11 is 0. The van der Waals surface area contributed by atoms with Crippen LogP contribution in [-0.4, -0.2) is 72.9 Å². The Morgan fingerprint density at radius 2 is 1.44 bits per heavy atom. The molecule has 4 atom stereocenters. The maximum Gasteiger partial charge on any atom is 0.472 e. The average molecular weight is 486 g/mol. The number of hydrogen-bond donors (Lipinski definition) is 4. The van der Waals surface area contributed by atoms with E-state index in [1.54, 1.807) is 7.11 Å². The second kappa shape index (κ2) is 19.9. The topological polar surface area (TPSA) is 158 Å². The van der Waals surface area contributed by atoms with E-state index in [1.807, 2.05) is 0 Å². The molecule has 10 nitrogen and oxygen atoms in total. The number of methoxy groups -OCH3 is 1. The molecule has 0 bridgehead atoms. The molecular weight excluding hydrogens is 441 g/mol. The van der Waals surface area contributed by atoms with E-state index in [-0.39, 0.29) is 12.7 Å². The molecule has 192 valence electrons. The summed E-state index contributed by atoms with van der Waals surface area (Å²) in [4.78, 5) is 20.0. The molecule has 0 aromatic heterocycles. The van der Waals surface area contributed by atoms with Gasteiger partial charge in [0.2, 0.25) is 0 Å². The summed E-state index contributed by atoms with van der Waals surface area (Å²) < 4.78 is 31.6. The van der Waals surface area contributed by atoms with Gasteiger partial charge in [0, 0.05) is 7.11 Å². The van der Waals surface area contributed by atoms with E-state index in [1.165, 1.54) is 51.4 Å². The van der Waals surface area contributed by atoms with Crippen molar-refractivity contribution in [1.82, 2.24) is 0 Å². The number of unbranched alkanes of at least 4 members (excludes halogenated alkanes) is 9. The van der Waals surface area contributed by atoms with E-state index in [4.69, 9.17) is 20.3 Å². The fraction of sp³-hybridized carbons (Fsp3) is 0.952. The Kier molecular flexibility index (Phi) is 19.5. The van der Waals surface area contributed by atoms with Crippen molar-refractivity contribution in [2.24, 2.45) is 5.73 Å². The van der Waals surface area contributed by atoms with E-state index >= 15 is 0 Å². The highest BCUT2D eigenvalue weighted by molar-refractivity contribution is 7.47. The first-order chi connectivity index (χ1) is 15.2. The number of aliphatic carboxylic acids is 1. The van der Waals surface area contributed by atoms with Gasteiger partial charge in [-0.1, -0.05) is 71.1 Å². The van der Waals surface area contributed by atoms with Gasteiger partial charge in [-0.3, -0.25) is 13.8 Å². The van der Waals surface area contributed by atoms with Crippen molar-refractivity contribution in [3.63, 3.8) is 0 Å². The minimum absolute atomic E-state index is 0.0815. The van der Waals surface area contributed by atoms with Crippen LogP contribution in [0.2, 0.25) is 0 Å². The summed E-state index contributed by atoms with van der Waals surface area (Å²) in [5, 5.41) is 18.4. The van der Waals surface area contributed by atoms with E-state index in [0.29, 0.717) is 6.61 Å². The smallest absolute Gasteiger partial charge is 0.472 e. The SMILES string of the molecule is CCCCCCCCCCCCC(COCC(O)COP(=O)(O)OCC(N)C(=O)O)OC. The van der Waals surface area contributed by atoms with Gasteiger partial charge in [-0.2, -0.15) is 0 Å². The van der Waals surface area contributed by atoms with Crippen molar-refractivity contribution in [3.8, 4) is 0 Å². The van der Waals surface area contributed by atoms with E-state index in [2.05, 4.69) is 16.0 Å². The van der Waals surface area contributed by atoms with Crippen LogP contribution >= 0.6 is 7.82 Å². The molecule has 5 N–H and O–H groups in total. The van der Waals surface area contributed by atoms with Gasteiger partial charge in [-0.05, 0) is 6.42 Å². The van der Waals surface area contributed by atoms with Crippen LogP contribution in [0.25, 0.3) is 0 Å². The quantitative estimate of drug-likeness (QED) is 0.125. The highest BCUT2D eigenvalue weighted by Gasteiger charge is 2.25. The summed E-state index contributed by atoms with van der Waals surface area (Å²) in [5.41, 5.74) is 5.18. The molecule has 0 fully saturated rings. The molecule has 0 heterocycles. The predicted molar refractivity (Wildman–Crippen MR) is 121 cm³/mol. The zero-order valence-electron chi connectivity index (χ0n) is 19.7. The van der Waals surface area contributed by atoms with Gasteiger partial charge in [-0.25, -0.2) is 4.57 Å². The van der Waals surface area contributed by atoms with Crippen LogP contribution < -0.4 is 5.73 Å². The monoisotopic (exact) mass is 485 g/mol. The van der Waals surface area contributed by atoms with Gasteiger partial charge in [-0.15, -0.1) is 0 Å². The van der Waals surface area contributed by atoms with Crippen LogP contribution in [0, 0.1) is 0 Å². The van der Waals surface area contributed by atoms with Crippen molar-refractivity contribution in [2.45, 2.75) is 95.8 Å². The van der Waals surface area contributed by atoms with Gasteiger partial charge < -0.3 is 30.3 Å². The average Bonchev–Trinajstić information content (AvgIpc) is 2.76. The second-order valence-corrected chi connectivity index (χ2v) is 9.48. The van der Waals surface area contributed by atoms with Crippen LogP contribution in [0.1, 0.15) is 77.6 Å². The first kappa shape index (κ1) is 31.4. The number of rotatable bonds is 23. The van der Waals surface area contributed by atoms with Crippen LogP contribution in [-0.2, 0) is 27.9 Å². The molecular formula is C21H44NO9P. The molecule has 0 radical (unpaired) electrons. The third kappa shape index (κ3) is 18.9. The van der Waals surface area contributed by atoms with E-state index in [0.717, 1.165) is 19.3 Å². The number of carboxylic acids is 1. The Morgan fingerprint density at radius 3 is 1.97 bits per heavy atom. The lowest BCUT2D eigenvalue weighted by Crippen LogP contribution is -2.34. The number of carboxylic acid groups (broad SMARTS) is 1. The Labute approximate surface area is 192 Å². The fourth-order valence-electron chi connectivity index (χ4n) is 2.98. The Bertz CT molecular complexity index is 510. The van der Waals surface area contributed by atoms with Crippen molar-refractivity contribution < 1.29 is 43.0 Å². The largest absolute Gasteiger partial charge is 0.480 e. The van der Waals surface area contributed by atoms with Gasteiger partial charge in [0.25, 0.3) is 0 Å². The first-order valence-electron chi connectivity index (χ1n) is 11.6. The third-order valence-electron chi connectivity index (χ3n) is 4.99. The predicted octanol–water partition coefficient (Wildman–Crippen LogP) is 3.24. The number of carbonyl (C=O) groups is 1. The standard InChI is InChI=1S/C21H44NO9P/c1-3-4-5-6-7-8-9-10-11-12-13-19(28-2)16-29-14-18(23)15-30-32(26,27)31-17-20(22)21(24)25/h18-20,23H,3-17,22H2,1-2H3,(H,24,25)(H,26,27). The minimum Gasteiger partial charge on any atom is -0.480 e. The number of hydrogen-bond acceptors (Lipinski definition) is 8. The second-order valence-electron chi connectivity index (χ2n) is 8.02. The number of ether oxygens (including phenoxy) is 2. The number of phosphoric ester groups is 1. The third-order valence-corrected chi connectivity index (χ3v) is 5.94. The highest BCUT2D eigenvalue weighted by atomic mass is 31.2. The van der Waals surface area contributed by atoms with Crippen molar-refractivity contribution in [1.29, 1.82) is 0 Å². The fourth-order valence-corrected chi connectivity index (χ4v) is 3.76. The summed E-state index contributed by atoms with van der Waals surface area (Å²) in [6.07, 6.45) is 12.3. The Hall–Kier alpha value is -0.580. The molecule has 32 heavy (non-hydrogen) atoms. The lowest BCUT2D eigenvalue weighted by molar-refractivity contribution is -0.139. The molecule has 0 aliphatic rings. The molecule has 11 heteroatoms. The number of aliphatic hydroxyl groups excluding tert-OH is 1. The van der Waals surface area contributed by atoms with Crippen LogP contribution in [0.15, 0.2) is 0 Å². The van der Waals surface area contributed by atoms with Crippen molar-refractivity contribution >= 4 is 13.8 Å². The van der Waals surface area contributed by atoms with Gasteiger partial charge in [0.15, 0.2) is 0 Å². The number of aliphatic hydroxyl groups is 1. The van der Waals surface area contributed by atoms with Crippen molar-refractivity contribution in [2.75, 3.05) is 33.5 Å². The van der Waals surface area contributed by atoms with Crippen LogP contribution in [0.5, 0.6) is 0 Å². The lowest BCUT2D eigenvalue weighted by Gasteiger charge is -2.18. The zero-order chi connectivity index (χ0) is 24.2. The molecule has 0 aliphatic heterocycles. The van der Waals surface area contributed by atoms with Crippen LogP contribution in [0.3, 0.4) is 0 Å². The van der Waals surface area contributed by atoms with Gasteiger partial charge in [0.05, 0.1) is 32.5 Å². The number of phosphoric acid groups is 1. The molecule has 0 aliphatic carbocycles. The maximum absolute atomic E-state index is 11.6. The number of nitrogens with two attached hydrogens (primary N) is 1. The first-order valence-corrected chi connectivity index (χ1v) is 13.1. The Balaban J connectivity index is 3.78. The van der Waals surface area contributed by atoms with Crippen LogP contribution in [0.4, 0.5) is 0 Å². The Morgan fingerprint density at radius 1 is 0.906 bits per heavy atom. The molecule has 0 amide bonds. The summed E-state index contributed by atoms with van der Waals surface area (Å²) in [6.45, 7) is 1.22. The van der Waals surface area contributed by atoms with E-state index < -0.39 is 39.2 Å². The summed E-state index contributed by atoms with van der Waals surface area (Å²) in [6, 6.07) is -1.45. The lowest BCUT2D eigenvalue weighted by atomic mass is 10.0. The highest BCUT2D eigenvalue weighted by Crippen LogP contribution is 2.43. The normalized spacial score (nSPS) is 16.4. The van der Waals surface area contributed by atoms with Gasteiger partial charge >= 0.3 is 13.8 Å². The molecule has 4 unspecified atom stereocenters. The van der Waals surface area contributed by atoms with Crippen molar-refractivity contribution in [3.05, 3.63) is 0 Å². The molecule has 0 saturated heterocycles. The summed E-state index contributed by atoms with van der Waals surface area (Å²) in [5.74, 6) is -1.37. The molecule has 0 spiro atoms. The molecule has 0 rings (SSSR count).